The number of ether oxygens (including phenoxy) is 2. The Bertz CT molecular complexity index is 1290. The van der Waals surface area contributed by atoms with E-state index in [1.54, 1.807) is 26.4 Å². The monoisotopic (exact) mass is 463 g/mol. The third-order valence-electron chi connectivity index (χ3n) is 5.86. The zero-order chi connectivity index (χ0) is 24.6. The number of carbonyl (C=O) groups is 1. The molecule has 0 heterocycles. The summed E-state index contributed by atoms with van der Waals surface area (Å²) in [4.78, 5) is 14.0. The summed E-state index contributed by atoms with van der Waals surface area (Å²) in [6.45, 7) is 2.64. The molecule has 0 aliphatic heterocycles. The first-order valence-corrected chi connectivity index (χ1v) is 11.5. The minimum Gasteiger partial charge on any atom is -0.497 e. The van der Waals surface area contributed by atoms with Gasteiger partial charge in [-0.15, -0.1) is 0 Å². The first kappa shape index (κ1) is 23.8. The van der Waals surface area contributed by atoms with Gasteiger partial charge < -0.3 is 14.8 Å². The lowest BCUT2D eigenvalue weighted by atomic mass is 9.92. The summed E-state index contributed by atoms with van der Waals surface area (Å²) in [5, 5.41) is 3.58. The largest absolute Gasteiger partial charge is 0.497 e. The van der Waals surface area contributed by atoms with Gasteiger partial charge in [0.15, 0.2) is 5.78 Å². The highest BCUT2D eigenvalue weighted by atomic mass is 16.5. The number of hydrogen-bond acceptors (Lipinski definition) is 4. The topological polar surface area (TPSA) is 47.6 Å². The van der Waals surface area contributed by atoms with E-state index in [4.69, 9.17) is 9.47 Å². The highest BCUT2D eigenvalue weighted by molar-refractivity contribution is 6.34. The molecule has 4 nitrogen and oxygen atoms in total. The van der Waals surface area contributed by atoms with Crippen LogP contribution in [0.3, 0.4) is 0 Å². The predicted molar refractivity (Wildman–Crippen MR) is 142 cm³/mol. The highest BCUT2D eigenvalue weighted by Gasteiger charge is 2.21. The fourth-order valence-electron chi connectivity index (χ4n) is 3.87. The molecule has 4 heteroatoms. The van der Waals surface area contributed by atoms with Crippen molar-refractivity contribution < 1.29 is 14.3 Å². The number of Topliss-reactive ketones (excluding diaryl/α,β-unsaturated/α-hetero) is 1. The van der Waals surface area contributed by atoms with Crippen LogP contribution in [0.25, 0.3) is 11.3 Å². The van der Waals surface area contributed by atoms with Gasteiger partial charge in [-0.1, -0.05) is 72.3 Å². The lowest BCUT2D eigenvalue weighted by Crippen LogP contribution is -2.17. The van der Waals surface area contributed by atoms with Crippen molar-refractivity contribution in [3.05, 3.63) is 131 Å². The van der Waals surface area contributed by atoms with Gasteiger partial charge >= 0.3 is 0 Å². The molecule has 0 saturated heterocycles. The SMILES string of the molecule is COc1ccc(C(=O)/C(=C(/NCc2ccccc2)c2ccc(C)cc2)c2ccc(OC)cc2)cc1. The molecule has 1 N–H and O–H groups in total. The second-order valence-corrected chi connectivity index (χ2v) is 8.24. The molecular formula is C31H29NO3. The standard InChI is InChI=1S/C31H29NO3/c1-22-9-11-25(12-10-22)30(32-21-23-7-5-4-6-8-23)29(24-13-17-27(34-2)18-14-24)31(33)26-15-19-28(35-3)20-16-26/h4-20,32H,21H2,1-3H3/b30-29+. The number of methoxy groups -OCH3 is 2. The summed E-state index contributed by atoms with van der Waals surface area (Å²) in [6, 6.07) is 33.2. The van der Waals surface area contributed by atoms with Gasteiger partial charge in [0.05, 0.1) is 25.5 Å². The van der Waals surface area contributed by atoms with Crippen LogP contribution in [0.2, 0.25) is 0 Å². The second-order valence-electron chi connectivity index (χ2n) is 8.24. The Hall–Kier alpha value is -4.31. The van der Waals surface area contributed by atoms with Crippen LogP contribution < -0.4 is 14.8 Å². The van der Waals surface area contributed by atoms with Crippen LogP contribution in [0, 0.1) is 6.92 Å². The minimum atomic E-state index is -0.0750. The number of hydrogen-bond donors (Lipinski definition) is 1. The van der Waals surface area contributed by atoms with Crippen LogP contribution in [0.1, 0.15) is 32.6 Å². The molecular weight excluding hydrogens is 434 g/mol. The maximum absolute atomic E-state index is 14.0. The van der Waals surface area contributed by atoms with Crippen molar-refractivity contribution in [2.24, 2.45) is 0 Å². The van der Waals surface area contributed by atoms with Crippen molar-refractivity contribution in [2.75, 3.05) is 14.2 Å². The van der Waals surface area contributed by atoms with Crippen molar-refractivity contribution in [2.45, 2.75) is 13.5 Å². The molecule has 0 aromatic heterocycles. The molecule has 0 aliphatic rings. The molecule has 0 bridgehead atoms. The number of benzene rings is 4. The van der Waals surface area contributed by atoms with Gasteiger partial charge in [-0.25, -0.2) is 0 Å². The minimum absolute atomic E-state index is 0.0750. The Kier molecular flexibility index (Phi) is 7.63. The fourth-order valence-corrected chi connectivity index (χ4v) is 3.87. The van der Waals surface area contributed by atoms with Crippen LogP contribution in [0.4, 0.5) is 0 Å². The Balaban J connectivity index is 1.88. The van der Waals surface area contributed by atoms with Crippen molar-refractivity contribution in [1.82, 2.24) is 5.32 Å². The Labute approximate surface area is 206 Å². The maximum Gasteiger partial charge on any atom is 0.195 e. The zero-order valence-corrected chi connectivity index (χ0v) is 20.2. The molecule has 0 fully saturated rings. The molecule has 35 heavy (non-hydrogen) atoms. The molecule has 4 aromatic carbocycles. The average Bonchev–Trinajstić information content (AvgIpc) is 2.92. The Morgan fingerprint density at radius 2 is 1.17 bits per heavy atom. The molecule has 0 saturated carbocycles. The van der Waals surface area contributed by atoms with Gasteiger partial charge in [0, 0.05) is 12.1 Å². The molecule has 0 aliphatic carbocycles. The number of ketones is 1. The maximum atomic E-state index is 14.0. The summed E-state index contributed by atoms with van der Waals surface area (Å²) in [6.07, 6.45) is 0. The summed E-state index contributed by atoms with van der Waals surface area (Å²) in [5.41, 5.74) is 5.99. The van der Waals surface area contributed by atoms with Crippen LogP contribution in [0.5, 0.6) is 11.5 Å². The molecule has 4 rings (SSSR count). The van der Waals surface area contributed by atoms with Crippen LogP contribution in [-0.4, -0.2) is 20.0 Å². The van der Waals surface area contributed by atoms with E-state index in [1.807, 2.05) is 66.7 Å². The molecule has 0 atom stereocenters. The molecule has 0 unspecified atom stereocenters. The fraction of sp³-hybridized carbons (Fsp3) is 0.129. The molecule has 0 radical (unpaired) electrons. The van der Waals surface area contributed by atoms with Gasteiger partial charge in [-0.3, -0.25) is 4.79 Å². The molecule has 4 aromatic rings. The van der Waals surface area contributed by atoms with Gasteiger partial charge in [0.25, 0.3) is 0 Å². The first-order valence-electron chi connectivity index (χ1n) is 11.5. The molecule has 176 valence electrons. The number of nitrogens with one attached hydrogen (secondary N) is 1. The van der Waals surface area contributed by atoms with E-state index >= 15 is 0 Å². The quantitative estimate of drug-likeness (QED) is 0.174. The van der Waals surface area contributed by atoms with E-state index in [0.717, 1.165) is 33.7 Å². The van der Waals surface area contributed by atoms with Crippen molar-refractivity contribution in [3.8, 4) is 11.5 Å². The third-order valence-corrected chi connectivity index (χ3v) is 5.86. The predicted octanol–water partition coefficient (Wildman–Crippen LogP) is 6.55. The average molecular weight is 464 g/mol. The smallest absolute Gasteiger partial charge is 0.195 e. The summed E-state index contributed by atoms with van der Waals surface area (Å²) in [7, 11) is 3.25. The molecule has 0 spiro atoms. The van der Waals surface area contributed by atoms with Gasteiger partial charge in [-0.2, -0.15) is 0 Å². The van der Waals surface area contributed by atoms with Gasteiger partial charge in [0.2, 0.25) is 0 Å². The normalized spacial score (nSPS) is 11.4. The number of carbonyl (C=O) groups excluding carboxylic acids is 1. The van der Waals surface area contributed by atoms with E-state index in [0.29, 0.717) is 23.4 Å². The van der Waals surface area contributed by atoms with E-state index < -0.39 is 0 Å². The van der Waals surface area contributed by atoms with E-state index in [2.05, 4.69) is 36.5 Å². The van der Waals surface area contributed by atoms with Crippen LogP contribution in [0.15, 0.2) is 103 Å². The zero-order valence-electron chi connectivity index (χ0n) is 20.2. The molecule has 0 amide bonds. The summed E-state index contributed by atoms with van der Waals surface area (Å²) in [5.74, 6) is 1.37. The lowest BCUT2D eigenvalue weighted by molar-refractivity contribution is 0.105. The number of aryl methyl sites for hydroxylation is 1. The summed E-state index contributed by atoms with van der Waals surface area (Å²) < 4.78 is 10.6. The van der Waals surface area contributed by atoms with E-state index in [1.165, 1.54) is 0 Å². The Morgan fingerprint density at radius 1 is 0.657 bits per heavy atom. The lowest BCUT2D eigenvalue weighted by Gasteiger charge is -2.19. The van der Waals surface area contributed by atoms with Gasteiger partial charge in [-0.05, 0) is 60.0 Å². The number of rotatable bonds is 9. The summed E-state index contributed by atoms with van der Waals surface area (Å²) >= 11 is 0. The van der Waals surface area contributed by atoms with E-state index in [9.17, 15) is 4.79 Å². The Morgan fingerprint density at radius 3 is 1.71 bits per heavy atom. The van der Waals surface area contributed by atoms with Crippen molar-refractivity contribution in [3.63, 3.8) is 0 Å². The second kappa shape index (κ2) is 11.2. The third kappa shape index (κ3) is 5.79. The number of allylic oxidation sites excluding steroid dienone is 1. The van der Waals surface area contributed by atoms with Crippen molar-refractivity contribution >= 4 is 17.1 Å². The van der Waals surface area contributed by atoms with Crippen molar-refractivity contribution in [1.29, 1.82) is 0 Å². The van der Waals surface area contributed by atoms with Crippen LogP contribution in [-0.2, 0) is 6.54 Å². The highest BCUT2D eigenvalue weighted by Crippen LogP contribution is 2.30. The first-order chi connectivity index (χ1) is 17.1. The van der Waals surface area contributed by atoms with E-state index in [-0.39, 0.29) is 5.78 Å². The van der Waals surface area contributed by atoms with Gasteiger partial charge in [0.1, 0.15) is 11.5 Å². The van der Waals surface area contributed by atoms with Crippen LogP contribution >= 0.6 is 0 Å².